The standard InChI is InChI=1S/C10H8BrN3O2/c11-9-4-2-1-3-8(9)7-13-6-5-10(12-13)14(15)16/h1-6H,7H2. The van der Waals surface area contributed by atoms with Crippen LogP contribution in [0.4, 0.5) is 5.82 Å². The molecule has 0 bridgehead atoms. The van der Waals surface area contributed by atoms with Crippen molar-refractivity contribution in [3.63, 3.8) is 0 Å². The van der Waals surface area contributed by atoms with Crippen LogP contribution in [0.3, 0.4) is 0 Å². The number of nitrogens with zero attached hydrogens (tertiary/aromatic N) is 3. The van der Waals surface area contributed by atoms with E-state index in [1.165, 1.54) is 10.7 Å². The van der Waals surface area contributed by atoms with Crippen LogP contribution in [0, 0.1) is 10.1 Å². The van der Waals surface area contributed by atoms with Crippen molar-refractivity contribution < 1.29 is 4.92 Å². The van der Waals surface area contributed by atoms with Gasteiger partial charge in [-0.1, -0.05) is 34.1 Å². The minimum absolute atomic E-state index is 0.132. The molecule has 2 rings (SSSR count). The van der Waals surface area contributed by atoms with Gasteiger partial charge in [0.25, 0.3) is 0 Å². The monoisotopic (exact) mass is 281 g/mol. The van der Waals surface area contributed by atoms with Gasteiger partial charge in [-0.3, -0.25) is 0 Å². The normalized spacial score (nSPS) is 10.3. The lowest BCUT2D eigenvalue weighted by molar-refractivity contribution is -0.389. The van der Waals surface area contributed by atoms with Gasteiger partial charge in [0.05, 0.1) is 23.9 Å². The van der Waals surface area contributed by atoms with Crippen molar-refractivity contribution in [2.45, 2.75) is 6.54 Å². The molecule has 1 aromatic carbocycles. The Morgan fingerprint density at radius 3 is 2.75 bits per heavy atom. The average Bonchev–Trinajstić information content (AvgIpc) is 2.70. The second-order valence-corrected chi connectivity index (χ2v) is 4.07. The summed E-state index contributed by atoms with van der Waals surface area (Å²) in [7, 11) is 0. The van der Waals surface area contributed by atoms with Gasteiger partial charge in [-0.25, -0.2) is 0 Å². The highest BCUT2D eigenvalue weighted by atomic mass is 79.9. The van der Waals surface area contributed by atoms with Crippen molar-refractivity contribution in [1.82, 2.24) is 9.78 Å². The summed E-state index contributed by atoms with van der Waals surface area (Å²) in [5.41, 5.74) is 1.03. The van der Waals surface area contributed by atoms with E-state index < -0.39 is 4.92 Å². The first kappa shape index (κ1) is 10.8. The van der Waals surface area contributed by atoms with Crippen LogP contribution in [-0.2, 0) is 6.54 Å². The molecule has 0 aliphatic heterocycles. The number of benzene rings is 1. The Balaban J connectivity index is 2.21. The maximum Gasteiger partial charge on any atom is 0.389 e. The van der Waals surface area contributed by atoms with Gasteiger partial charge < -0.3 is 10.1 Å². The van der Waals surface area contributed by atoms with E-state index >= 15 is 0 Å². The second kappa shape index (κ2) is 4.44. The topological polar surface area (TPSA) is 61.0 Å². The van der Waals surface area contributed by atoms with Gasteiger partial charge in [0.1, 0.15) is 0 Å². The molecule has 2 aromatic rings. The molecule has 6 heteroatoms. The summed E-state index contributed by atoms with van der Waals surface area (Å²) in [5, 5.41) is 14.3. The lowest BCUT2D eigenvalue weighted by Gasteiger charge is -2.00. The molecule has 1 aromatic heterocycles. The van der Waals surface area contributed by atoms with Crippen LogP contribution in [0.15, 0.2) is 41.0 Å². The van der Waals surface area contributed by atoms with E-state index in [4.69, 9.17) is 0 Å². The molecule has 0 saturated carbocycles. The van der Waals surface area contributed by atoms with E-state index in [1.54, 1.807) is 6.20 Å². The molecular formula is C10H8BrN3O2. The Morgan fingerprint density at radius 1 is 1.38 bits per heavy atom. The highest BCUT2D eigenvalue weighted by molar-refractivity contribution is 9.10. The molecule has 5 nitrogen and oxygen atoms in total. The number of aromatic nitrogens is 2. The van der Waals surface area contributed by atoms with E-state index in [0.29, 0.717) is 6.54 Å². The molecule has 1 heterocycles. The van der Waals surface area contributed by atoms with Gasteiger partial charge in [0, 0.05) is 4.47 Å². The van der Waals surface area contributed by atoms with Crippen molar-refractivity contribution in [1.29, 1.82) is 0 Å². The first-order valence-electron chi connectivity index (χ1n) is 4.58. The number of nitro groups is 1. The summed E-state index contributed by atoms with van der Waals surface area (Å²) in [6, 6.07) is 9.08. The molecule has 0 radical (unpaired) electrons. The lowest BCUT2D eigenvalue weighted by Crippen LogP contribution is -2.01. The van der Waals surface area contributed by atoms with Crippen LogP contribution < -0.4 is 0 Å². The van der Waals surface area contributed by atoms with Gasteiger partial charge in [0.15, 0.2) is 0 Å². The van der Waals surface area contributed by atoms with Crippen LogP contribution in [0.1, 0.15) is 5.56 Å². The summed E-state index contributed by atoms with van der Waals surface area (Å²) >= 11 is 3.41. The fourth-order valence-electron chi connectivity index (χ4n) is 1.34. The van der Waals surface area contributed by atoms with Gasteiger partial charge in [-0.15, -0.1) is 0 Å². The van der Waals surface area contributed by atoms with E-state index in [2.05, 4.69) is 21.0 Å². The molecule has 16 heavy (non-hydrogen) atoms. The zero-order chi connectivity index (χ0) is 11.5. The molecule has 0 atom stereocenters. The molecule has 0 spiro atoms. The first-order chi connectivity index (χ1) is 7.66. The third-order valence-electron chi connectivity index (χ3n) is 2.10. The smallest absolute Gasteiger partial charge is 0.358 e. The molecule has 0 N–H and O–H groups in total. The number of hydrogen-bond acceptors (Lipinski definition) is 3. The van der Waals surface area contributed by atoms with E-state index in [-0.39, 0.29) is 5.82 Å². The highest BCUT2D eigenvalue weighted by Gasteiger charge is 2.11. The molecule has 0 fully saturated rings. The molecule has 0 unspecified atom stereocenters. The highest BCUT2D eigenvalue weighted by Crippen LogP contribution is 2.17. The Morgan fingerprint density at radius 2 is 2.12 bits per heavy atom. The largest absolute Gasteiger partial charge is 0.389 e. The van der Waals surface area contributed by atoms with E-state index in [0.717, 1.165) is 10.0 Å². The zero-order valence-electron chi connectivity index (χ0n) is 8.21. The zero-order valence-corrected chi connectivity index (χ0v) is 9.79. The Hall–Kier alpha value is -1.69. The molecule has 0 amide bonds. The van der Waals surface area contributed by atoms with E-state index in [1.807, 2.05) is 24.3 Å². The van der Waals surface area contributed by atoms with Crippen molar-refractivity contribution in [3.05, 3.63) is 56.7 Å². The van der Waals surface area contributed by atoms with Crippen LogP contribution in [0.25, 0.3) is 0 Å². The predicted octanol–water partition coefficient (Wildman–Crippen LogP) is 2.60. The number of halogens is 1. The third-order valence-corrected chi connectivity index (χ3v) is 2.88. The number of rotatable bonds is 3. The molecule has 0 aliphatic carbocycles. The summed E-state index contributed by atoms with van der Waals surface area (Å²) in [6.45, 7) is 0.509. The van der Waals surface area contributed by atoms with Crippen molar-refractivity contribution in [3.8, 4) is 0 Å². The van der Waals surface area contributed by atoms with Crippen molar-refractivity contribution in [2.24, 2.45) is 0 Å². The van der Waals surface area contributed by atoms with Crippen LogP contribution in [0.2, 0.25) is 0 Å². The maximum absolute atomic E-state index is 10.5. The third kappa shape index (κ3) is 2.27. The molecular weight excluding hydrogens is 274 g/mol. The maximum atomic E-state index is 10.5. The Labute approximate surface area is 100.0 Å². The molecule has 0 saturated heterocycles. The second-order valence-electron chi connectivity index (χ2n) is 3.22. The lowest BCUT2D eigenvalue weighted by atomic mass is 10.2. The summed E-state index contributed by atoms with van der Waals surface area (Å²) in [4.78, 5) is 9.95. The average molecular weight is 282 g/mol. The fraction of sp³-hybridized carbons (Fsp3) is 0.100. The summed E-state index contributed by atoms with van der Waals surface area (Å²) in [5.74, 6) is -0.132. The minimum Gasteiger partial charge on any atom is -0.358 e. The van der Waals surface area contributed by atoms with Gasteiger partial charge in [-0.05, 0) is 16.6 Å². The van der Waals surface area contributed by atoms with Gasteiger partial charge >= 0.3 is 5.82 Å². The summed E-state index contributed by atoms with van der Waals surface area (Å²) in [6.07, 6.45) is 1.59. The van der Waals surface area contributed by atoms with E-state index in [9.17, 15) is 10.1 Å². The fourth-order valence-corrected chi connectivity index (χ4v) is 1.75. The SMILES string of the molecule is O=[N+]([O-])c1ccn(Cc2ccccc2Br)n1. The minimum atomic E-state index is -0.503. The van der Waals surface area contributed by atoms with Crippen LogP contribution >= 0.6 is 15.9 Å². The quantitative estimate of drug-likeness (QED) is 0.642. The van der Waals surface area contributed by atoms with Crippen LogP contribution in [0.5, 0.6) is 0 Å². The first-order valence-corrected chi connectivity index (χ1v) is 5.37. The summed E-state index contributed by atoms with van der Waals surface area (Å²) < 4.78 is 2.51. The number of hydrogen-bond donors (Lipinski definition) is 0. The Bertz CT molecular complexity index is 524. The van der Waals surface area contributed by atoms with Gasteiger partial charge in [-0.2, -0.15) is 4.68 Å². The molecule has 82 valence electrons. The molecule has 0 aliphatic rings. The van der Waals surface area contributed by atoms with Crippen molar-refractivity contribution >= 4 is 21.7 Å². The Kier molecular flexibility index (Phi) is 3.00. The van der Waals surface area contributed by atoms with Gasteiger partial charge in [0.2, 0.25) is 0 Å². The predicted molar refractivity (Wildman–Crippen MR) is 62.1 cm³/mol. The van der Waals surface area contributed by atoms with Crippen LogP contribution in [-0.4, -0.2) is 14.7 Å². The van der Waals surface area contributed by atoms with Crippen molar-refractivity contribution in [2.75, 3.05) is 0 Å².